The number of benzene rings is 1. The maximum Gasteiger partial charge on any atom is 0.417 e. The van der Waals surface area contributed by atoms with Gasteiger partial charge in [-0.2, -0.15) is 18.3 Å². The van der Waals surface area contributed by atoms with Gasteiger partial charge in [0.2, 0.25) is 5.95 Å². The predicted octanol–water partition coefficient (Wildman–Crippen LogP) is 3.88. The molecule has 12 heteroatoms. The summed E-state index contributed by atoms with van der Waals surface area (Å²) in [6.45, 7) is 3.65. The van der Waals surface area contributed by atoms with Gasteiger partial charge in [0, 0.05) is 29.9 Å². The second-order valence-electron chi connectivity index (χ2n) is 7.74. The van der Waals surface area contributed by atoms with Crippen LogP contribution in [0.25, 0.3) is 0 Å². The van der Waals surface area contributed by atoms with Crippen LogP contribution in [0.1, 0.15) is 50.8 Å². The zero-order valence-electron chi connectivity index (χ0n) is 17.5. The van der Waals surface area contributed by atoms with Crippen molar-refractivity contribution in [2.45, 2.75) is 32.5 Å². The van der Waals surface area contributed by atoms with Crippen molar-refractivity contribution in [1.82, 2.24) is 19.7 Å². The first-order chi connectivity index (χ1) is 15.5. The highest BCUT2D eigenvalue weighted by Crippen LogP contribution is 2.37. The highest BCUT2D eigenvalue weighted by Gasteiger charge is 2.36. The molecular formula is C21H18ClF3N6O2. The number of alkyl halides is 3. The van der Waals surface area contributed by atoms with Crippen LogP contribution in [0, 0.1) is 6.92 Å². The zero-order valence-corrected chi connectivity index (χ0v) is 18.3. The lowest BCUT2D eigenvalue weighted by Crippen LogP contribution is -2.43. The van der Waals surface area contributed by atoms with Crippen LogP contribution in [0.4, 0.5) is 24.8 Å². The molecule has 8 nitrogen and oxygen atoms in total. The molecular weight excluding hydrogens is 461 g/mol. The Bertz CT molecular complexity index is 1250. The molecule has 0 unspecified atom stereocenters. The first kappa shape index (κ1) is 22.7. The topological polar surface area (TPSA) is 107 Å². The van der Waals surface area contributed by atoms with E-state index < -0.39 is 22.7 Å². The first-order valence-corrected chi connectivity index (χ1v) is 10.2. The molecule has 1 amide bonds. The molecule has 0 aliphatic carbocycles. The average molecular weight is 479 g/mol. The molecule has 0 radical (unpaired) electrons. The maximum atomic E-state index is 13.3. The molecule has 1 aliphatic rings. The highest BCUT2D eigenvalue weighted by molar-refractivity contribution is 6.31. The fourth-order valence-corrected chi connectivity index (χ4v) is 4.05. The number of nitrogens with zero attached hydrogens (tertiary/aromatic N) is 5. The molecule has 1 aromatic carbocycles. The fourth-order valence-electron chi connectivity index (χ4n) is 3.77. The number of amides is 1. The van der Waals surface area contributed by atoms with Gasteiger partial charge in [0.25, 0.3) is 5.91 Å². The van der Waals surface area contributed by atoms with Crippen molar-refractivity contribution >= 4 is 34.9 Å². The molecule has 3 aromatic rings. The zero-order chi connectivity index (χ0) is 24.1. The Morgan fingerprint density at radius 3 is 2.64 bits per heavy atom. The lowest BCUT2D eigenvalue weighted by Gasteiger charge is -2.32. The summed E-state index contributed by atoms with van der Waals surface area (Å²) in [5, 5.41) is 3.74. The van der Waals surface area contributed by atoms with Gasteiger partial charge in [-0.15, -0.1) is 0 Å². The molecule has 33 heavy (non-hydrogen) atoms. The minimum atomic E-state index is -4.61. The van der Waals surface area contributed by atoms with Crippen LogP contribution in [0.15, 0.2) is 30.5 Å². The average Bonchev–Trinajstić information content (AvgIpc) is 3.13. The van der Waals surface area contributed by atoms with E-state index in [2.05, 4.69) is 15.1 Å². The first-order valence-electron chi connectivity index (χ1n) is 9.85. The largest absolute Gasteiger partial charge is 0.417 e. The number of nitrogens with two attached hydrogens (primary N) is 1. The van der Waals surface area contributed by atoms with Crippen LogP contribution in [0.3, 0.4) is 0 Å². The number of Topliss-reactive ketones (excluding diaryl/α,β-unsaturated/α-hetero) is 1. The second-order valence-corrected chi connectivity index (χ2v) is 8.15. The third-order valence-corrected chi connectivity index (χ3v) is 5.57. The van der Waals surface area contributed by atoms with E-state index in [4.69, 9.17) is 17.3 Å². The number of aryl methyl sites for hydroxylation is 1. The molecule has 0 saturated carbocycles. The number of fused-ring (bicyclic) bond motifs is 1. The Morgan fingerprint density at radius 2 is 2.00 bits per heavy atom. The van der Waals surface area contributed by atoms with Crippen molar-refractivity contribution in [3.05, 3.63) is 63.7 Å². The smallest absolute Gasteiger partial charge is 0.368 e. The van der Waals surface area contributed by atoms with Crippen molar-refractivity contribution in [2.24, 2.45) is 0 Å². The molecule has 1 aliphatic heterocycles. The number of carbonyl (C=O) groups excluding carboxylic acids is 2. The molecule has 1 atom stereocenters. The normalized spacial score (nSPS) is 16.1. The number of aromatic nitrogens is 4. The van der Waals surface area contributed by atoms with E-state index in [0.29, 0.717) is 11.3 Å². The molecule has 2 N–H and O–H groups in total. The predicted molar refractivity (Wildman–Crippen MR) is 114 cm³/mol. The highest BCUT2D eigenvalue weighted by atomic mass is 35.5. The quantitative estimate of drug-likeness (QED) is 0.570. The number of halogens is 4. The van der Waals surface area contributed by atoms with Crippen LogP contribution in [-0.2, 0) is 12.6 Å². The van der Waals surface area contributed by atoms with E-state index >= 15 is 0 Å². The lowest BCUT2D eigenvalue weighted by atomic mass is 10.0. The number of hydrogen-bond donors (Lipinski definition) is 1. The third-order valence-electron chi connectivity index (χ3n) is 5.26. The summed E-state index contributed by atoms with van der Waals surface area (Å²) in [7, 11) is 0. The van der Waals surface area contributed by atoms with Crippen LogP contribution in [0.2, 0.25) is 5.02 Å². The SMILES string of the molecule is Cc1cc(C(=O)Cc2cnn3c2C(=O)N(c2ccc(C(F)(F)F)c(Cl)c2)C[C@@H]3C)nc(N)n1. The van der Waals surface area contributed by atoms with Gasteiger partial charge in [-0.25, -0.2) is 9.97 Å². The van der Waals surface area contributed by atoms with Gasteiger partial charge in [0.1, 0.15) is 11.4 Å². The van der Waals surface area contributed by atoms with Gasteiger partial charge in [-0.05, 0) is 38.1 Å². The van der Waals surface area contributed by atoms with Gasteiger partial charge in [-0.1, -0.05) is 11.6 Å². The molecule has 2 aromatic heterocycles. The standard InChI is InChI=1S/C21H18ClF3N6O2/c1-10-5-16(29-20(26)28-10)17(32)6-12-8-27-31-11(2)9-30(19(33)18(12)31)13-3-4-14(15(22)7-13)21(23,24)25/h3-5,7-8,11H,6,9H2,1-2H3,(H2,26,28,29)/t11-/m0/s1. The van der Waals surface area contributed by atoms with Gasteiger partial charge in [-0.3, -0.25) is 14.3 Å². The van der Waals surface area contributed by atoms with E-state index in [-0.39, 0.29) is 47.8 Å². The molecule has 3 heterocycles. The minimum absolute atomic E-state index is 0.0366. The number of ketones is 1. The van der Waals surface area contributed by atoms with Crippen molar-refractivity contribution in [2.75, 3.05) is 17.2 Å². The minimum Gasteiger partial charge on any atom is -0.368 e. The van der Waals surface area contributed by atoms with Gasteiger partial charge < -0.3 is 10.6 Å². The Balaban J connectivity index is 1.66. The van der Waals surface area contributed by atoms with Gasteiger partial charge in [0.05, 0.1) is 22.8 Å². The summed E-state index contributed by atoms with van der Waals surface area (Å²) in [6.07, 6.45) is -3.34. The Hall–Kier alpha value is -3.47. The maximum absolute atomic E-state index is 13.3. The molecule has 172 valence electrons. The van der Waals surface area contributed by atoms with Crippen LogP contribution in [-0.4, -0.2) is 38.0 Å². The van der Waals surface area contributed by atoms with Gasteiger partial charge in [0.15, 0.2) is 5.78 Å². The van der Waals surface area contributed by atoms with E-state index in [0.717, 1.165) is 12.1 Å². The Labute approximate surface area is 191 Å². The van der Waals surface area contributed by atoms with Crippen LogP contribution >= 0.6 is 11.6 Å². The van der Waals surface area contributed by atoms with Crippen molar-refractivity contribution < 1.29 is 22.8 Å². The van der Waals surface area contributed by atoms with Crippen molar-refractivity contribution in [1.29, 1.82) is 0 Å². The number of rotatable bonds is 4. The Kier molecular flexibility index (Phi) is 5.61. The molecule has 0 bridgehead atoms. The number of carbonyl (C=O) groups is 2. The molecule has 0 spiro atoms. The Morgan fingerprint density at radius 1 is 1.27 bits per heavy atom. The van der Waals surface area contributed by atoms with Crippen LogP contribution < -0.4 is 10.6 Å². The summed E-state index contributed by atoms with van der Waals surface area (Å²) < 4.78 is 40.7. The number of nitrogen functional groups attached to an aromatic ring is 1. The summed E-state index contributed by atoms with van der Waals surface area (Å²) in [5.41, 5.74) is 6.04. The van der Waals surface area contributed by atoms with E-state index in [1.165, 1.54) is 27.9 Å². The molecule has 4 rings (SSSR count). The second kappa shape index (κ2) is 8.14. The lowest BCUT2D eigenvalue weighted by molar-refractivity contribution is -0.137. The summed E-state index contributed by atoms with van der Waals surface area (Å²) >= 11 is 5.85. The monoisotopic (exact) mass is 478 g/mol. The summed E-state index contributed by atoms with van der Waals surface area (Å²) in [4.78, 5) is 35.3. The third kappa shape index (κ3) is 4.28. The molecule has 0 saturated heterocycles. The fraction of sp³-hybridized carbons (Fsp3) is 0.286. The number of anilines is 2. The van der Waals surface area contributed by atoms with Crippen molar-refractivity contribution in [3.63, 3.8) is 0 Å². The summed E-state index contributed by atoms with van der Waals surface area (Å²) in [5.74, 6) is -0.911. The van der Waals surface area contributed by atoms with E-state index in [9.17, 15) is 22.8 Å². The van der Waals surface area contributed by atoms with E-state index in [1.54, 1.807) is 6.92 Å². The number of hydrogen-bond acceptors (Lipinski definition) is 6. The van der Waals surface area contributed by atoms with E-state index in [1.807, 2.05) is 6.92 Å². The summed E-state index contributed by atoms with van der Waals surface area (Å²) in [6, 6.07) is 4.35. The van der Waals surface area contributed by atoms with Gasteiger partial charge >= 0.3 is 6.18 Å². The van der Waals surface area contributed by atoms with Crippen molar-refractivity contribution in [3.8, 4) is 0 Å². The molecule has 0 fully saturated rings. The van der Waals surface area contributed by atoms with Crippen LogP contribution in [0.5, 0.6) is 0 Å².